The molecule has 2 aromatic rings. The Morgan fingerprint density at radius 1 is 1.45 bits per heavy atom. The van der Waals surface area contributed by atoms with Crippen molar-refractivity contribution in [1.82, 2.24) is 20.3 Å². The van der Waals surface area contributed by atoms with E-state index < -0.39 is 0 Å². The number of rotatable bonds is 4. The average Bonchev–Trinajstić information content (AvgIpc) is 3.00. The molecule has 1 amide bonds. The van der Waals surface area contributed by atoms with Crippen LogP contribution in [0.15, 0.2) is 22.9 Å². The van der Waals surface area contributed by atoms with Gasteiger partial charge < -0.3 is 14.5 Å². The van der Waals surface area contributed by atoms with Gasteiger partial charge in [0.25, 0.3) is 5.91 Å². The molecule has 0 saturated carbocycles. The summed E-state index contributed by atoms with van der Waals surface area (Å²) in [6, 6.07) is 1.79. The predicted molar refractivity (Wildman–Crippen MR) is 77.2 cm³/mol. The topological polar surface area (TPSA) is 90.1 Å². The van der Waals surface area contributed by atoms with Gasteiger partial charge in [0.2, 0.25) is 0 Å². The SMILES string of the molecule is Cc1nc(C(=O)NCc2ccnc([C@@H]3CCCOC3)n2)co1. The van der Waals surface area contributed by atoms with Crippen molar-refractivity contribution in [2.24, 2.45) is 0 Å². The van der Waals surface area contributed by atoms with Crippen LogP contribution in [0.2, 0.25) is 0 Å². The normalized spacial score (nSPS) is 18.1. The van der Waals surface area contributed by atoms with Crippen molar-refractivity contribution in [3.8, 4) is 0 Å². The lowest BCUT2D eigenvalue weighted by atomic mass is 10.0. The first-order valence-corrected chi connectivity index (χ1v) is 7.32. The fraction of sp³-hybridized carbons (Fsp3) is 0.467. The largest absolute Gasteiger partial charge is 0.448 e. The highest BCUT2D eigenvalue weighted by molar-refractivity contribution is 5.91. The number of carbonyl (C=O) groups is 1. The number of nitrogens with zero attached hydrogens (tertiary/aromatic N) is 3. The van der Waals surface area contributed by atoms with Gasteiger partial charge in [0.15, 0.2) is 11.6 Å². The number of hydrogen-bond acceptors (Lipinski definition) is 6. The molecule has 1 saturated heterocycles. The molecular weight excluding hydrogens is 284 g/mol. The molecule has 116 valence electrons. The molecule has 0 aliphatic carbocycles. The summed E-state index contributed by atoms with van der Waals surface area (Å²) in [4.78, 5) is 24.7. The van der Waals surface area contributed by atoms with Gasteiger partial charge in [0.1, 0.15) is 12.1 Å². The maximum absolute atomic E-state index is 11.9. The lowest BCUT2D eigenvalue weighted by molar-refractivity contribution is 0.0779. The number of amides is 1. The lowest BCUT2D eigenvalue weighted by Gasteiger charge is -2.20. The van der Waals surface area contributed by atoms with Gasteiger partial charge in [-0.3, -0.25) is 4.79 Å². The average molecular weight is 302 g/mol. The molecule has 3 heterocycles. The fourth-order valence-corrected chi connectivity index (χ4v) is 2.38. The minimum absolute atomic E-state index is 0.239. The number of aryl methyl sites for hydroxylation is 1. The summed E-state index contributed by atoms with van der Waals surface area (Å²) < 4.78 is 10.5. The Morgan fingerprint density at radius 3 is 3.09 bits per heavy atom. The van der Waals surface area contributed by atoms with Crippen LogP contribution < -0.4 is 5.32 Å². The maximum Gasteiger partial charge on any atom is 0.273 e. The van der Waals surface area contributed by atoms with Crippen LogP contribution in [0.3, 0.4) is 0 Å². The number of aromatic nitrogens is 3. The Labute approximate surface area is 128 Å². The zero-order chi connectivity index (χ0) is 15.4. The standard InChI is InChI=1S/C15H18N4O3/c1-10-18-13(9-22-10)15(20)17-7-12-4-5-16-14(19-12)11-3-2-6-21-8-11/h4-5,9,11H,2-3,6-8H2,1H3,(H,17,20)/t11-/m1/s1. The molecule has 3 rings (SSSR count). The second-order valence-corrected chi connectivity index (χ2v) is 5.25. The maximum atomic E-state index is 11.9. The summed E-state index contributed by atoms with van der Waals surface area (Å²) in [7, 11) is 0. The Morgan fingerprint density at radius 2 is 2.36 bits per heavy atom. The van der Waals surface area contributed by atoms with Crippen molar-refractivity contribution < 1.29 is 13.9 Å². The molecule has 0 radical (unpaired) electrons. The van der Waals surface area contributed by atoms with Gasteiger partial charge in [-0.25, -0.2) is 15.0 Å². The summed E-state index contributed by atoms with van der Waals surface area (Å²) in [5.41, 5.74) is 1.04. The van der Waals surface area contributed by atoms with Crippen molar-refractivity contribution in [2.45, 2.75) is 32.2 Å². The van der Waals surface area contributed by atoms with Gasteiger partial charge in [-0.15, -0.1) is 0 Å². The first-order valence-electron chi connectivity index (χ1n) is 7.32. The number of hydrogen-bond donors (Lipinski definition) is 1. The van der Waals surface area contributed by atoms with Crippen molar-refractivity contribution in [1.29, 1.82) is 0 Å². The molecule has 22 heavy (non-hydrogen) atoms. The zero-order valence-electron chi connectivity index (χ0n) is 12.4. The lowest BCUT2D eigenvalue weighted by Crippen LogP contribution is -2.24. The van der Waals surface area contributed by atoms with E-state index in [0.29, 0.717) is 19.0 Å². The third kappa shape index (κ3) is 3.48. The molecule has 1 N–H and O–H groups in total. The van der Waals surface area contributed by atoms with Crippen LogP contribution in [-0.2, 0) is 11.3 Å². The third-order valence-corrected chi connectivity index (χ3v) is 3.54. The molecular formula is C15H18N4O3. The van der Waals surface area contributed by atoms with E-state index >= 15 is 0 Å². The smallest absolute Gasteiger partial charge is 0.273 e. The molecule has 2 aromatic heterocycles. The second-order valence-electron chi connectivity index (χ2n) is 5.25. The molecule has 7 nitrogen and oxygen atoms in total. The Bertz CT molecular complexity index is 650. The first-order chi connectivity index (χ1) is 10.7. The van der Waals surface area contributed by atoms with E-state index in [-0.39, 0.29) is 17.5 Å². The molecule has 0 unspecified atom stereocenters. The van der Waals surface area contributed by atoms with E-state index in [2.05, 4.69) is 20.3 Å². The minimum atomic E-state index is -0.280. The highest BCUT2D eigenvalue weighted by Gasteiger charge is 2.19. The summed E-state index contributed by atoms with van der Waals surface area (Å²) in [5.74, 6) is 1.20. The van der Waals surface area contributed by atoms with Crippen LogP contribution >= 0.6 is 0 Å². The molecule has 0 bridgehead atoms. The highest BCUT2D eigenvalue weighted by Crippen LogP contribution is 2.22. The summed E-state index contributed by atoms with van der Waals surface area (Å²) in [5, 5.41) is 2.78. The van der Waals surface area contributed by atoms with E-state index in [4.69, 9.17) is 9.15 Å². The van der Waals surface area contributed by atoms with Gasteiger partial charge in [0, 0.05) is 25.6 Å². The van der Waals surface area contributed by atoms with Gasteiger partial charge in [0.05, 0.1) is 18.8 Å². The number of carbonyl (C=O) groups excluding carboxylic acids is 1. The van der Waals surface area contributed by atoms with Crippen LogP contribution in [0.1, 0.15) is 46.7 Å². The fourth-order valence-electron chi connectivity index (χ4n) is 2.38. The Hall–Kier alpha value is -2.28. The molecule has 1 atom stereocenters. The van der Waals surface area contributed by atoms with E-state index in [9.17, 15) is 4.79 Å². The third-order valence-electron chi connectivity index (χ3n) is 3.54. The van der Waals surface area contributed by atoms with Crippen LogP contribution in [0.5, 0.6) is 0 Å². The molecule has 7 heteroatoms. The van der Waals surface area contributed by atoms with Crippen LogP contribution in [0.4, 0.5) is 0 Å². The summed E-state index contributed by atoms with van der Waals surface area (Å²) in [6.07, 6.45) is 5.13. The summed E-state index contributed by atoms with van der Waals surface area (Å²) in [6.45, 7) is 3.49. The van der Waals surface area contributed by atoms with Crippen LogP contribution in [0, 0.1) is 6.92 Å². The monoisotopic (exact) mass is 302 g/mol. The van der Waals surface area contributed by atoms with Crippen LogP contribution in [0.25, 0.3) is 0 Å². The van der Waals surface area contributed by atoms with Gasteiger partial charge >= 0.3 is 0 Å². The number of nitrogens with one attached hydrogen (secondary N) is 1. The Balaban J connectivity index is 1.61. The molecule has 1 aliphatic heterocycles. The second kappa shape index (κ2) is 6.65. The van der Waals surface area contributed by atoms with Gasteiger partial charge in [-0.1, -0.05) is 0 Å². The molecule has 0 aromatic carbocycles. The van der Waals surface area contributed by atoms with E-state index in [1.165, 1.54) is 6.26 Å². The van der Waals surface area contributed by atoms with E-state index in [1.54, 1.807) is 19.2 Å². The number of oxazole rings is 1. The van der Waals surface area contributed by atoms with Crippen molar-refractivity contribution in [3.63, 3.8) is 0 Å². The van der Waals surface area contributed by atoms with Crippen molar-refractivity contribution >= 4 is 5.91 Å². The highest BCUT2D eigenvalue weighted by atomic mass is 16.5. The minimum Gasteiger partial charge on any atom is -0.448 e. The van der Waals surface area contributed by atoms with Gasteiger partial charge in [-0.05, 0) is 18.9 Å². The van der Waals surface area contributed by atoms with Crippen molar-refractivity contribution in [2.75, 3.05) is 13.2 Å². The zero-order valence-corrected chi connectivity index (χ0v) is 12.4. The van der Waals surface area contributed by atoms with E-state index in [0.717, 1.165) is 31.0 Å². The van der Waals surface area contributed by atoms with E-state index in [1.807, 2.05) is 0 Å². The van der Waals surface area contributed by atoms with Crippen molar-refractivity contribution in [3.05, 3.63) is 41.6 Å². The number of ether oxygens (including phenoxy) is 1. The molecule has 1 fully saturated rings. The first kappa shape index (κ1) is 14.6. The van der Waals surface area contributed by atoms with Crippen LogP contribution in [-0.4, -0.2) is 34.1 Å². The Kier molecular flexibility index (Phi) is 4.43. The van der Waals surface area contributed by atoms with Gasteiger partial charge in [-0.2, -0.15) is 0 Å². The summed E-state index contributed by atoms with van der Waals surface area (Å²) >= 11 is 0. The predicted octanol–water partition coefficient (Wildman–Crippen LogP) is 1.60. The molecule has 0 spiro atoms. The molecule has 1 aliphatic rings. The quantitative estimate of drug-likeness (QED) is 0.922.